The van der Waals surface area contributed by atoms with Crippen LogP contribution in [-0.2, 0) is 4.79 Å². The summed E-state index contributed by atoms with van der Waals surface area (Å²) in [5, 5.41) is 0. The smallest absolute Gasteiger partial charge is 0.236 e. The molecule has 1 heterocycles. The molecule has 3 nitrogen and oxygen atoms in total. The number of allylic oxidation sites excluding steroid dienone is 1. The number of carbonyl (C=O) groups excluding carboxylic acids is 1. The third-order valence-corrected chi connectivity index (χ3v) is 2.40. The minimum Gasteiger partial charge on any atom is -0.342 e. The van der Waals surface area contributed by atoms with E-state index in [1.54, 1.807) is 0 Å². The maximum absolute atomic E-state index is 11.1. The van der Waals surface area contributed by atoms with Crippen LogP contribution in [0.3, 0.4) is 0 Å². The van der Waals surface area contributed by atoms with Gasteiger partial charge in [0.1, 0.15) is 0 Å². The van der Waals surface area contributed by atoms with Gasteiger partial charge in [0, 0.05) is 13.1 Å². The third-order valence-electron chi connectivity index (χ3n) is 2.40. The number of likely N-dealkylation sites (tertiary alicyclic amines) is 1. The molecule has 0 spiro atoms. The number of hydrogen-bond donors (Lipinski definition) is 1. The van der Waals surface area contributed by atoms with Gasteiger partial charge in [-0.15, -0.1) is 19.0 Å². The molecule has 0 atom stereocenters. The Bertz CT molecular complexity index is 176. The summed E-state index contributed by atoms with van der Waals surface area (Å²) in [4.78, 5) is 13.0. The maximum Gasteiger partial charge on any atom is 0.236 e. The lowest BCUT2D eigenvalue weighted by Gasteiger charge is -2.30. The zero-order valence-electron chi connectivity index (χ0n) is 7.74. The first-order valence-corrected chi connectivity index (χ1v) is 4.38. The molecule has 0 aromatic rings. The Morgan fingerprint density at radius 3 is 2.46 bits per heavy atom. The quantitative estimate of drug-likeness (QED) is 0.677. The van der Waals surface area contributed by atoms with Crippen molar-refractivity contribution in [3.8, 4) is 0 Å². The van der Waals surface area contributed by atoms with Gasteiger partial charge < -0.3 is 10.6 Å². The third kappa shape index (κ3) is 3.36. The van der Waals surface area contributed by atoms with Crippen molar-refractivity contribution in [1.82, 2.24) is 4.90 Å². The average molecular weight is 205 g/mol. The van der Waals surface area contributed by atoms with Gasteiger partial charge in [0.25, 0.3) is 0 Å². The molecule has 0 radical (unpaired) electrons. The lowest BCUT2D eigenvalue weighted by molar-refractivity contribution is -0.130. The SMILES string of the molecule is C=CC1CCN(C(=O)CN)CC1.Cl. The summed E-state index contributed by atoms with van der Waals surface area (Å²) < 4.78 is 0. The number of amides is 1. The molecule has 13 heavy (non-hydrogen) atoms. The molecule has 2 N–H and O–H groups in total. The second kappa shape index (κ2) is 6.00. The Morgan fingerprint density at radius 2 is 2.08 bits per heavy atom. The number of rotatable bonds is 2. The topological polar surface area (TPSA) is 46.3 Å². The van der Waals surface area contributed by atoms with Gasteiger partial charge in [-0.25, -0.2) is 0 Å². The standard InChI is InChI=1S/C9H16N2O.ClH/c1-2-8-3-5-11(6-4-8)9(12)7-10;/h2,8H,1,3-7,10H2;1H. The van der Waals surface area contributed by atoms with Gasteiger partial charge >= 0.3 is 0 Å². The Morgan fingerprint density at radius 1 is 1.54 bits per heavy atom. The number of nitrogens with zero attached hydrogens (tertiary/aromatic N) is 1. The Labute approximate surface area is 85.4 Å². The Balaban J connectivity index is 0.00000144. The minimum absolute atomic E-state index is 0. The molecule has 76 valence electrons. The van der Waals surface area contributed by atoms with E-state index in [0.717, 1.165) is 25.9 Å². The van der Waals surface area contributed by atoms with E-state index in [1.165, 1.54) is 0 Å². The van der Waals surface area contributed by atoms with E-state index in [1.807, 2.05) is 11.0 Å². The maximum atomic E-state index is 11.1. The largest absolute Gasteiger partial charge is 0.342 e. The van der Waals surface area contributed by atoms with Crippen molar-refractivity contribution in [3.63, 3.8) is 0 Å². The van der Waals surface area contributed by atoms with Gasteiger partial charge in [-0.05, 0) is 18.8 Å². The molecular weight excluding hydrogens is 188 g/mol. The van der Waals surface area contributed by atoms with Crippen LogP contribution in [0.2, 0.25) is 0 Å². The average Bonchev–Trinajstić information content (AvgIpc) is 2.17. The van der Waals surface area contributed by atoms with Gasteiger partial charge in [-0.2, -0.15) is 0 Å². The number of hydrogen-bond acceptors (Lipinski definition) is 2. The number of nitrogens with two attached hydrogens (primary N) is 1. The van der Waals surface area contributed by atoms with Gasteiger partial charge in [0.2, 0.25) is 5.91 Å². The van der Waals surface area contributed by atoms with E-state index in [4.69, 9.17) is 5.73 Å². The summed E-state index contributed by atoms with van der Waals surface area (Å²) in [5.41, 5.74) is 5.26. The van der Waals surface area contributed by atoms with E-state index in [-0.39, 0.29) is 24.9 Å². The fourth-order valence-electron chi connectivity index (χ4n) is 1.51. The van der Waals surface area contributed by atoms with Crippen molar-refractivity contribution >= 4 is 18.3 Å². The summed E-state index contributed by atoms with van der Waals surface area (Å²) in [7, 11) is 0. The van der Waals surface area contributed by atoms with Crippen LogP contribution in [0.15, 0.2) is 12.7 Å². The molecule has 1 fully saturated rings. The normalized spacial score (nSPS) is 17.8. The molecule has 1 saturated heterocycles. The van der Waals surface area contributed by atoms with Crippen molar-refractivity contribution in [1.29, 1.82) is 0 Å². The number of halogens is 1. The molecule has 1 amide bonds. The van der Waals surface area contributed by atoms with E-state index < -0.39 is 0 Å². The zero-order chi connectivity index (χ0) is 8.97. The molecule has 1 aliphatic rings. The summed E-state index contributed by atoms with van der Waals surface area (Å²) in [6, 6.07) is 0. The number of piperidine rings is 1. The molecule has 0 aromatic carbocycles. The van der Waals surface area contributed by atoms with Crippen LogP contribution in [-0.4, -0.2) is 30.4 Å². The van der Waals surface area contributed by atoms with Crippen LogP contribution in [0, 0.1) is 5.92 Å². The zero-order valence-corrected chi connectivity index (χ0v) is 8.55. The first-order valence-electron chi connectivity index (χ1n) is 4.38. The van der Waals surface area contributed by atoms with Gasteiger partial charge in [-0.3, -0.25) is 4.79 Å². The Kier molecular flexibility index (Phi) is 5.75. The van der Waals surface area contributed by atoms with E-state index in [2.05, 4.69) is 6.58 Å². The molecule has 0 unspecified atom stereocenters. The number of carbonyl (C=O) groups is 1. The summed E-state index contributed by atoms with van der Waals surface area (Å²) in [6.45, 7) is 5.56. The summed E-state index contributed by atoms with van der Waals surface area (Å²) in [5.74, 6) is 0.657. The van der Waals surface area contributed by atoms with Crippen LogP contribution >= 0.6 is 12.4 Å². The molecule has 4 heteroatoms. The molecular formula is C9H17ClN2O. The van der Waals surface area contributed by atoms with Crippen LogP contribution in [0.5, 0.6) is 0 Å². The predicted octanol–water partition coefficient (Wildman–Crippen LogP) is 0.792. The second-order valence-corrected chi connectivity index (χ2v) is 3.16. The highest BCUT2D eigenvalue weighted by atomic mass is 35.5. The van der Waals surface area contributed by atoms with Gasteiger partial charge in [-0.1, -0.05) is 6.08 Å². The lowest BCUT2D eigenvalue weighted by atomic mass is 9.97. The highest BCUT2D eigenvalue weighted by Crippen LogP contribution is 2.17. The highest BCUT2D eigenvalue weighted by Gasteiger charge is 2.19. The molecule has 0 bridgehead atoms. The van der Waals surface area contributed by atoms with Gasteiger partial charge in [0.05, 0.1) is 6.54 Å². The Hall–Kier alpha value is -0.540. The van der Waals surface area contributed by atoms with Crippen molar-refractivity contribution in [2.45, 2.75) is 12.8 Å². The van der Waals surface area contributed by atoms with Gasteiger partial charge in [0.15, 0.2) is 0 Å². The van der Waals surface area contributed by atoms with Crippen LogP contribution < -0.4 is 5.73 Å². The second-order valence-electron chi connectivity index (χ2n) is 3.16. The van der Waals surface area contributed by atoms with Crippen molar-refractivity contribution in [3.05, 3.63) is 12.7 Å². The van der Waals surface area contributed by atoms with Crippen molar-refractivity contribution in [2.24, 2.45) is 11.7 Å². The minimum atomic E-state index is 0. The fourth-order valence-corrected chi connectivity index (χ4v) is 1.51. The first kappa shape index (κ1) is 12.5. The van der Waals surface area contributed by atoms with Crippen LogP contribution in [0.1, 0.15) is 12.8 Å². The van der Waals surface area contributed by atoms with E-state index >= 15 is 0 Å². The fraction of sp³-hybridized carbons (Fsp3) is 0.667. The highest BCUT2D eigenvalue weighted by molar-refractivity contribution is 5.85. The molecule has 1 aliphatic heterocycles. The first-order chi connectivity index (χ1) is 5.77. The summed E-state index contributed by atoms with van der Waals surface area (Å²) >= 11 is 0. The lowest BCUT2D eigenvalue weighted by Crippen LogP contribution is -2.41. The van der Waals surface area contributed by atoms with Crippen LogP contribution in [0.25, 0.3) is 0 Å². The van der Waals surface area contributed by atoms with Crippen molar-refractivity contribution in [2.75, 3.05) is 19.6 Å². The van der Waals surface area contributed by atoms with Crippen molar-refractivity contribution < 1.29 is 4.79 Å². The van der Waals surface area contributed by atoms with Crippen LogP contribution in [0.4, 0.5) is 0 Å². The summed E-state index contributed by atoms with van der Waals surface area (Å²) in [6.07, 6.45) is 4.05. The molecule has 0 saturated carbocycles. The van der Waals surface area contributed by atoms with E-state index in [9.17, 15) is 4.79 Å². The molecule has 0 aromatic heterocycles. The predicted molar refractivity (Wildman–Crippen MR) is 55.8 cm³/mol. The van der Waals surface area contributed by atoms with E-state index in [0.29, 0.717) is 5.92 Å². The monoisotopic (exact) mass is 204 g/mol. The molecule has 1 rings (SSSR count). The molecule has 0 aliphatic carbocycles.